The Balaban J connectivity index is 0.000000635. The minimum atomic E-state index is -1.54. The van der Waals surface area contributed by atoms with Crippen LogP contribution in [0.5, 0.6) is 0 Å². The predicted octanol–water partition coefficient (Wildman–Crippen LogP) is 5.51. The molecule has 0 radical (unpaired) electrons. The van der Waals surface area contributed by atoms with Gasteiger partial charge in [0.1, 0.15) is 6.10 Å². The van der Waals surface area contributed by atoms with Gasteiger partial charge >= 0.3 is 11.9 Å². The van der Waals surface area contributed by atoms with Gasteiger partial charge in [-0.05, 0) is 35.8 Å². The van der Waals surface area contributed by atoms with Gasteiger partial charge < -0.3 is 28.6 Å². The average Bonchev–Trinajstić information content (AvgIpc) is 3.75. The molecule has 1 saturated carbocycles. The van der Waals surface area contributed by atoms with Crippen LogP contribution in [-0.4, -0.2) is 60.0 Å². The molecule has 4 fully saturated rings. The number of benzene rings is 2. The van der Waals surface area contributed by atoms with Crippen LogP contribution in [0.3, 0.4) is 0 Å². The molecule has 3 unspecified atom stereocenters. The van der Waals surface area contributed by atoms with Crippen LogP contribution in [0, 0.1) is 17.8 Å². The van der Waals surface area contributed by atoms with Gasteiger partial charge in [-0.15, -0.1) is 0 Å². The molecule has 3 saturated heterocycles. The van der Waals surface area contributed by atoms with Crippen molar-refractivity contribution in [1.29, 1.82) is 0 Å². The van der Waals surface area contributed by atoms with Crippen LogP contribution in [0.4, 0.5) is 0 Å². The molecule has 0 aromatic heterocycles. The van der Waals surface area contributed by atoms with Crippen LogP contribution in [0.1, 0.15) is 96.6 Å². The quantitative estimate of drug-likeness (QED) is 0.183. The van der Waals surface area contributed by atoms with Crippen LogP contribution in [-0.2, 0) is 34.2 Å². The van der Waals surface area contributed by atoms with Crippen molar-refractivity contribution < 1.29 is 38.2 Å². The fraction of sp³-hybridized carbons (Fsp3) is 0.605. The average molecular weight is 634 g/mol. The lowest BCUT2D eigenvalue weighted by Gasteiger charge is -2.47. The summed E-state index contributed by atoms with van der Waals surface area (Å²) in [6.07, 6.45) is 8.08. The lowest BCUT2D eigenvalue weighted by molar-refractivity contribution is -0.956. The summed E-state index contributed by atoms with van der Waals surface area (Å²) in [5.74, 6) is -1.79. The zero-order chi connectivity index (χ0) is 32.9. The maximum atomic E-state index is 14.6. The molecule has 8 nitrogen and oxygen atoms in total. The first kappa shape index (κ1) is 34.1. The minimum Gasteiger partial charge on any atom is -0.550 e. The fourth-order valence-corrected chi connectivity index (χ4v) is 7.74. The Labute approximate surface area is 274 Å². The molecule has 4 aliphatic rings. The van der Waals surface area contributed by atoms with E-state index in [1.807, 2.05) is 74.5 Å². The zero-order valence-corrected chi connectivity index (χ0v) is 27.9. The van der Waals surface area contributed by atoms with Crippen molar-refractivity contribution in [2.24, 2.45) is 17.8 Å². The monoisotopic (exact) mass is 633 g/mol. The molecule has 1 aliphatic carbocycles. The number of carboxylic acids is 1. The molecule has 2 aromatic rings. The molecule has 6 rings (SSSR count). The highest BCUT2D eigenvalue weighted by atomic mass is 16.7. The Morgan fingerprint density at radius 3 is 1.76 bits per heavy atom. The number of carbonyl (C=O) groups is 3. The molecule has 46 heavy (non-hydrogen) atoms. The molecule has 1 spiro atoms. The Hall–Kier alpha value is -3.23. The molecule has 0 N–H and O–H groups in total. The van der Waals surface area contributed by atoms with Crippen molar-refractivity contribution in [3.8, 4) is 0 Å². The summed E-state index contributed by atoms with van der Waals surface area (Å²) in [5, 5.41) is 9.59. The smallest absolute Gasteiger partial charge is 0.348 e. The van der Waals surface area contributed by atoms with Crippen molar-refractivity contribution in [3.63, 3.8) is 0 Å². The predicted molar refractivity (Wildman–Crippen MR) is 172 cm³/mol. The third kappa shape index (κ3) is 7.49. The molecular weight excluding hydrogens is 582 g/mol. The maximum absolute atomic E-state index is 14.6. The van der Waals surface area contributed by atoms with Crippen LogP contribution in [0.15, 0.2) is 60.7 Å². The number of ether oxygens (including phenoxy) is 3. The number of carboxylic acid groups (broad SMARTS) is 1. The number of quaternary nitrogens is 1. The second-order valence-corrected chi connectivity index (χ2v) is 14.4. The lowest BCUT2D eigenvalue weighted by atomic mass is 9.85. The maximum Gasteiger partial charge on any atom is 0.348 e. The number of nitrogens with zero attached hydrogens (tertiary/aromatic N) is 1. The fourth-order valence-electron chi connectivity index (χ4n) is 7.74. The first-order valence-electron chi connectivity index (χ1n) is 17.3. The van der Waals surface area contributed by atoms with Crippen LogP contribution in [0.2, 0.25) is 0 Å². The normalized spacial score (nSPS) is 23.9. The number of hydrogen-bond acceptors (Lipinski definition) is 7. The highest BCUT2D eigenvalue weighted by Crippen LogP contribution is 2.48. The van der Waals surface area contributed by atoms with E-state index in [0.29, 0.717) is 29.6 Å². The second-order valence-electron chi connectivity index (χ2n) is 14.4. The first-order chi connectivity index (χ1) is 22.0. The van der Waals surface area contributed by atoms with Crippen molar-refractivity contribution in [2.75, 3.05) is 13.1 Å². The van der Waals surface area contributed by atoms with E-state index in [1.54, 1.807) is 13.8 Å². The highest BCUT2D eigenvalue weighted by molar-refractivity contribution is 5.86. The van der Waals surface area contributed by atoms with Crippen LogP contribution >= 0.6 is 0 Å². The number of hydrogen-bond donors (Lipinski definition) is 0. The van der Waals surface area contributed by atoms with E-state index < -0.39 is 23.8 Å². The van der Waals surface area contributed by atoms with Gasteiger partial charge in [0.05, 0.1) is 25.2 Å². The van der Waals surface area contributed by atoms with Gasteiger partial charge in [-0.25, -0.2) is 4.79 Å². The van der Waals surface area contributed by atoms with E-state index in [0.717, 1.165) is 25.7 Å². The van der Waals surface area contributed by atoms with E-state index in [9.17, 15) is 19.5 Å². The van der Waals surface area contributed by atoms with Gasteiger partial charge in [0.15, 0.2) is 0 Å². The molecule has 2 bridgehead atoms. The van der Waals surface area contributed by atoms with Gasteiger partial charge in [0, 0.05) is 56.8 Å². The topological polar surface area (TPSA) is 102 Å². The van der Waals surface area contributed by atoms with Crippen molar-refractivity contribution in [3.05, 3.63) is 71.8 Å². The largest absolute Gasteiger partial charge is 0.550 e. The summed E-state index contributed by atoms with van der Waals surface area (Å²) >= 11 is 0. The van der Waals surface area contributed by atoms with E-state index in [1.165, 1.54) is 43.3 Å². The Morgan fingerprint density at radius 1 is 0.826 bits per heavy atom. The summed E-state index contributed by atoms with van der Waals surface area (Å²) < 4.78 is 20.5. The molecule has 3 heterocycles. The number of esters is 2. The van der Waals surface area contributed by atoms with Crippen molar-refractivity contribution in [2.45, 2.75) is 116 Å². The molecule has 3 atom stereocenters. The minimum absolute atomic E-state index is 0.0701. The molecular formula is C38H51NO7. The Morgan fingerprint density at radius 2 is 1.33 bits per heavy atom. The number of aliphatic carboxylic acids is 1. The summed E-state index contributed by atoms with van der Waals surface area (Å²) in [6, 6.07) is 20.4. The second kappa shape index (κ2) is 14.7. The van der Waals surface area contributed by atoms with Gasteiger partial charge in [-0.3, -0.25) is 4.79 Å². The summed E-state index contributed by atoms with van der Waals surface area (Å²) in [4.78, 5) is 37.0. The lowest BCUT2D eigenvalue weighted by Crippen LogP contribution is -2.60. The van der Waals surface area contributed by atoms with Gasteiger partial charge in [-0.1, -0.05) is 88.4 Å². The standard InChI is InChI=1S/C34H44NO5.C4H8O2/c1-24(2)21-31(36)39-32(25-15-16-25)40-34(26-11-5-3-6-12-26,27-13-7-4-8-14-27)33(37)38-30-22-28-17-18-29(23-30)35(28)19-9-10-20-35;1-3(2)4(5)6/h3-8,11-14,24-25,28-30,32H,9-10,15-23H2,1-2H3;3H,1-2H3,(H,5,6)/q+1;/p-1. The molecule has 3 aliphatic heterocycles. The number of rotatable bonds is 11. The summed E-state index contributed by atoms with van der Waals surface area (Å²) in [7, 11) is 0. The van der Waals surface area contributed by atoms with Gasteiger partial charge in [0.25, 0.3) is 0 Å². The third-order valence-corrected chi connectivity index (χ3v) is 10.3. The Bertz CT molecular complexity index is 1260. The van der Waals surface area contributed by atoms with Crippen molar-refractivity contribution in [1.82, 2.24) is 0 Å². The number of piperidine rings is 1. The molecule has 2 aromatic carbocycles. The van der Waals surface area contributed by atoms with E-state index in [4.69, 9.17) is 14.2 Å². The van der Waals surface area contributed by atoms with E-state index in [-0.39, 0.29) is 29.8 Å². The Kier molecular flexibility index (Phi) is 10.9. The zero-order valence-electron chi connectivity index (χ0n) is 27.9. The van der Waals surface area contributed by atoms with E-state index >= 15 is 0 Å². The van der Waals surface area contributed by atoms with E-state index in [2.05, 4.69) is 0 Å². The van der Waals surface area contributed by atoms with Crippen molar-refractivity contribution >= 4 is 17.9 Å². The van der Waals surface area contributed by atoms with Gasteiger partial charge in [0.2, 0.25) is 11.9 Å². The van der Waals surface area contributed by atoms with Crippen LogP contribution in [0.25, 0.3) is 0 Å². The summed E-state index contributed by atoms with van der Waals surface area (Å²) in [5.41, 5.74) is -0.151. The highest BCUT2D eigenvalue weighted by Gasteiger charge is 2.57. The first-order valence-corrected chi connectivity index (χ1v) is 17.3. The summed E-state index contributed by atoms with van der Waals surface area (Å²) in [6.45, 7) is 9.71. The SMILES string of the molecule is CC(C)C(=O)[O-].CC(C)CC(=O)OC(OC(C(=O)OC1CC2CCC(C1)[N+]21CCCC1)(c1ccccc1)c1ccccc1)C1CC1. The molecule has 8 heteroatoms. The van der Waals surface area contributed by atoms with Gasteiger partial charge in [-0.2, -0.15) is 0 Å². The van der Waals surface area contributed by atoms with Crippen LogP contribution < -0.4 is 5.11 Å². The third-order valence-electron chi connectivity index (χ3n) is 10.3. The molecule has 250 valence electrons. The molecule has 0 amide bonds. The number of carbonyl (C=O) groups excluding carboxylic acids is 3.